The van der Waals surface area contributed by atoms with Crippen molar-refractivity contribution in [2.75, 3.05) is 50.2 Å². The van der Waals surface area contributed by atoms with Crippen LogP contribution in [0.1, 0.15) is 19.4 Å². The first-order valence-corrected chi connectivity index (χ1v) is 9.21. The molecule has 0 atom stereocenters. The van der Waals surface area contributed by atoms with Crippen molar-refractivity contribution in [2.24, 2.45) is 10.2 Å². The maximum absolute atomic E-state index is 5.37. The Hall–Kier alpha value is -2.58. The largest absolute Gasteiger partial charge is 0.380 e. The molecule has 0 aliphatic rings. The van der Waals surface area contributed by atoms with E-state index in [0.29, 0.717) is 57.0 Å². The third-order valence-electron chi connectivity index (χ3n) is 3.55. The zero-order valence-electron chi connectivity index (χ0n) is 16.2. The highest BCUT2D eigenvalue weighted by atomic mass is 16.5. The molecule has 0 bridgehead atoms. The molecular formula is C19H28N6O2. The van der Waals surface area contributed by atoms with Gasteiger partial charge >= 0.3 is 0 Å². The summed E-state index contributed by atoms with van der Waals surface area (Å²) in [5.41, 5.74) is 2.53. The molecule has 2 N–H and O–H groups in total. The van der Waals surface area contributed by atoms with Crippen molar-refractivity contribution in [3.8, 4) is 0 Å². The second-order valence-corrected chi connectivity index (χ2v) is 5.71. The quantitative estimate of drug-likeness (QED) is 0.430. The SMILES string of the molecule is CCOCCNc1ncc(N=Nc2ccc(C)cc2)c(NCCOCC)n1. The molecule has 0 radical (unpaired) electrons. The number of azo groups is 1. The highest BCUT2D eigenvalue weighted by Crippen LogP contribution is 2.25. The molecule has 1 heterocycles. The summed E-state index contributed by atoms with van der Waals surface area (Å²) >= 11 is 0. The van der Waals surface area contributed by atoms with Gasteiger partial charge in [0.05, 0.1) is 25.1 Å². The van der Waals surface area contributed by atoms with E-state index in [1.807, 2.05) is 45.0 Å². The van der Waals surface area contributed by atoms with Gasteiger partial charge in [-0.25, -0.2) is 4.98 Å². The average molecular weight is 372 g/mol. The normalized spacial score (nSPS) is 11.1. The summed E-state index contributed by atoms with van der Waals surface area (Å²) in [6.07, 6.45) is 1.65. The van der Waals surface area contributed by atoms with E-state index < -0.39 is 0 Å². The lowest BCUT2D eigenvalue weighted by Crippen LogP contribution is -2.14. The van der Waals surface area contributed by atoms with E-state index in [9.17, 15) is 0 Å². The highest BCUT2D eigenvalue weighted by molar-refractivity contribution is 5.61. The Morgan fingerprint density at radius 3 is 2.26 bits per heavy atom. The van der Waals surface area contributed by atoms with Gasteiger partial charge in [-0.15, -0.1) is 5.11 Å². The minimum absolute atomic E-state index is 0.517. The molecular weight excluding hydrogens is 344 g/mol. The van der Waals surface area contributed by atoms with Crippen LogP contribution in [0.4, 0.5) is 23.1 Å². The fourth-order valence-electron chi connectivity index (χ4n) is 2.15. The molecule has 0 amide bonds. The fourth-order valence-corrected chi connectivity index (χ4v) is 2.15. The first kappa shape index (κ1) is 20.7. The van der Waals surface area contributed by atoms with Crippen LogP contribution in [0.2, 0.25) is 0 Å². The number of rotatable bonds is 12. The highest BCUT2D eigenvalue weighted by Gasteiger charge is 2.07. The summed E-state index contributed by atoms with van der Waals surface area (Å²) in [5.74, 6) is 1.13. The Balaban J connectivity index is 2.08. The van der Waals surface area contributed by atoms with Crippen LogP contribution in [0.3, 0.4) is 0 Å². The Morgan fingerprint density at radius 2 is 1.59 bits per heavy atom. The van der Waals surface area contributed by atoms with E-state index in [1.54, 1.807) is 6.20 Å². The Labute approximate surface area is 160 Å². The summed E-state index contributed by atoms with van der Waals surface area (Å²) < 4.78 is 10.7. The molecule has 0 spiro atoms. The second kappa shape index (κ2) is 11.9. The molecule has 0 saturated carbocycles. The summed E-state index contributed by atoms with van der Waals surface area (Å²) in [7, 11) is 0. The number of aromatic nitrogens is 2. The van der Waals surface area contributed by atoms with E-state index in [2.05, 4.69) is 30.8 Å². The molecule has 1 aromatic heterocycles. The number of hydrogen-bond acceptors (Lipinski definition) is 8. The molecule has 146 valence electrons. The minimum Gasteiger partial charge on any atom is -0.380 e. The van der Waals surface area contributed by atoms with Crippen molar-refractivity contribution in [1.82, 2.24) is 9.97 Å². The van der Waals surface area contributed by atoms with Crippen LogP contribution in [0.5, 0.6) is 0 Å². The second-order valence-electron chi connectivity index (χ2n) is 5.71. The van der Waals surface area contributed by atoms with Crippen LogP contribution in [0.15, 0.2) is 40.7 Å². The van der Waals surface area contributed by atoms with Gasteiger partial charge in [0.15, 0.2) is 5.82 Å². The number of aryl methyl sites for hydroxylation is 1. The number of anilines is 2. The van der Waals surface area contributed by atoms with Gasteiger partial charge in [-0.3, -0.25) is 0 Å². The molecule has 0 aliphatic carbocycles. The predicted octanol–water partition coefficient (Wildman–Crippen LogP) is 4.10. The van der Waals surface area contributed by atoms with Gasteiger partial charge in [-0.2, -0.15) is 10.1 Å². The Kier molecular flexibility index (Phi) is 9.15. The summed E-state index contributed by atoms with van der Waals surface area (Å²) in [6, 6.07) is 7.84. The zero-order valence-corrected chi connectivity index (χ0v) is 16.2. The van der Waals surface area contributed by atoms with Crippen molar-refractivity contribution in [2.45, 2.75) is 20.8 Å². The van der Waals surface area contributed by atoms with Gasteiger partial charge in [-0.1, -0.05) is 17.7 Å². The predicted molar refractivity (Wildman–Crippen MR) is 107 cm³/mol. The molecule has 2 rings (SSSR count). The van der Waals surface area contributed by atoms with Crippen LogP contribution in [0, 0.1) is 6.92 Å². The number of nitrogens with one attached hydrogen (secondary N) is 2. The number of benzene rings is 1. The standard InChI is InChI=1S/C19H28N6O2/c1-4-26-12-10-20-18-17(25-24-16-8-6-15(3)7-9-16)14-22-19(23-18)21-11-13-27-5-2/h6-9,14H,4-5,10-13H2,1-3H3,(H2,20,21,22,23). The average Bonchev–Trinajstić information content (AvgIpc) is 2.69. The van der Waals surface area contributed by atoms with Crippen molar-refractivity contribution in [3.05, 3.63) is 36.0 Å². The lowest BCUT2D eigenvalue weighted by Gasteiger charge is -2.10. The molecule has 0 fully saturated rings. The number of nitrogens with zero attached hydrogens (tertiary/aromatic N) is 4. The van der Waals surface area contributed by atoms with Crippen LogP contribution in [0.25, 0.3) is 0 Å². The van der Waals surface area contributed by atoms with Gasteiger partial charge in [-0.05, 0) is 32.9 Å². The molecule has 8 heteroatoms. The molecule has 1 aromatic carbocycles. The Morgan fingerprint density at radius 1 is 0.926 bits per heavy atom. The van der Waals surface area contributed by atoms with Gasteiger partial charge in [0.1, 0.15) is 5.69 Å². The molecule has 27 heavy (non-hydrogen) atoms. The van der Waals surface area contributed by atoms with E-state index in [-0.39, 0.29) is 0 Å². The van der Waals surface area contributed by atoms with E-state index in [1.165, 1.54) is 5.56 Å². The van der Waals surface area contributed by atoms with Crippen LogP contribution < -0.4 is 10.6 Å². The number of ether oxygens (including phenoxy) is 2. The molecule has 8 nitrogen and oxygen atoms in total. The van der Waals surface area contributed by atoms with Gasteiger partial charge < -0.3 is 20.1 Å². The van der Waals surface area contributed by atoms with Gasteiger partial charge in [0, 0.05) is 26.3 Å². The summed E-state index contributed by atoms with van der Waals surface area (Å²) in [4.78, 5) is 8.80. The van der Waals surface area contributed by atoms with Crippen LogP contribution >= 0.6 is 0 Å². The fraction of sp³-hybridized carbons (Fsp3) is 0.474. The van der Waals surface area contributed by atoms with E-state index in [0.717, 1.165) is 5.69 Å². The molecule has 0 saturated heterocycles. The Bertz CT molecular complexity index is 706. The van der Waals surface area contributed by atoms with Crippen molar-refractivity contribution in [3.63, 3.8) is 0 Å². The third-order valence-corrected chi connectivity index (χ3v) is 3.55. The monoisotopic (exact) mass is 372 g/mol. The summed E-state index contributed by atoms with van der Waals surface area (Å²) in [6.45, 7) is 9.76. The van der Waals surface area contributed by atoms with Crippen LogP contribution in [-0.4, -0.2) is 49.5 Å². The molecule has 0 unspecified atom stereocenters. The minimum atomic E-state index is 0.517. The maximum Gasteiger partial charge on any atom is 0.224 e. The van der Waals surface area contributed by atoms with Crippen molar-refractivity contribution >= 4 is 23.1 Å². The number of hydrogen-bond donors (Lipinski definition) is 2. The lowest BCUT2D eigenvalue weighted by atomic mass is 10.2. The topological polar surface area (TPSA) is 93.0 Å². The van der Waals surface area contributed by atoms with E-state index >= 15 is 0 Å². The smallest absolute Gasteiger partial charge is 0.224 e. The zero-order chi connectivity index (χ0) is 19.3. The van der Waals surface area contributed by atoms with Gasteiger partial charge in [0.25, 0.3) is 0 Å². The van der Waals surface area contributed by atoms with Crippen LogP contribution in [-0.2, 0) is 9.47 Å². The van der Waals surface area contributed by atoms with Crippen molar-refractivity contribution in [1.29, 1.82) is 0 Å². The molecule has 2 aromatic rings. The molecule has 0 aliphatic heterocycles. The maximum atomic E-state index is 5.37. The first-order valence-electron chi connectivity index (χ1n) is 9.21. The third kappa shape index (κ3) is 7.67. The first-order chi connectivity index (χ1) is 13.2. The lowest BCUT2D eigenvalue weighted by molar-refractivity contribution is 0.158. The van der Waals surface area contributed by atoms with Crippen molar-refractivity contribution < 1.29 is 9.47 Å². The van der Waals surface area contributed by atoms with Gasteiger partial charge in [0.2, 0.25) is 5.95 Å². The van der Waals surface area contributed by atoms with E-state index in [4.69, 9.17) is 9.47 Å². The summed E-state index contributed by atoms with van der Waals surface area (Å²) in [5, 5.41) is 14.9.